The molecule has 0 fully saturated rings. The number of nitro benzene ring substituents is 1. The van der Waals surface area contributed by atoms with Crippen LogP contribution in [0.5, 0.6) is 5.75 Å². The number of nitriles is 1. The highest BCUT2D eigenvalue weighted by molar-refractivity contribution is 5.46. The third kappa shape index (κ3) is 3.40. The average molecular weight is 253 g/mol. The Bertz CT molecular complexity index is 473. The zero-order valence-corrected chi connectivity index (χ0v) is 9.72. The van der Waals surface area contributed by atoms with Crippen molar-refractivity contribution in [1.29, 1.82) is 5.26 Å². The Hall–Kier alpha value is -2.20. The standard InChI is InChI=1S/C11H12FN3O3/c1-14-8(7-13)5-6-18-11-9(12)3-2-4-10(11)15(16)17/h2-4,8,14H,5-6H2,1H3. The van der Waals surface area contributed by atoms with Crippen molar-refractivity contribution in [2.45, 2.75) is 12.5 Å². The Balaban J connectivity index is 2.73. The molecule has 0 spiro atoms. The molecule has 7 heteroatoms. The van der Waals surface area contributed by atoms with Crippen LogP contribution in [0.25, 0.3) is 0 Å². The van der Waals surface area contributed by atoms with Crippen LogP contribution in [0.1, 0.15) is 6.42 Å². The maximum absolute atomic E-state index is 13.4. The topological polar surface area (TPSA) is 88.2 Å². The van der Waals surface area contributed by atoms with Gasteiger partial charge in [0, 0.05) is 12.5 Å². The van der Waals surface area contributed by atoms with Crippen molar-refractivity contribution in [3.05, 3.63) is 34.1 Å². The molecule has 0 radical (unpaired) electrons. The highest BCUT2D eigenvalue weighted by atomic mass is 19.1. The summed E-state index contributed by atoms with van der Waals surface area (Å²) in [6, 6.07) is 5.03. The lowest BCUT2D eigenvalue weighted by molar-refractivity contribution is -0.386. The van der Waals surface area contributed by atoms with Gasteiger partial charge < -0.3 is 10.1 Å². The van der Waals surface area contributed by atoms with Crippen molar-refractivity contribution in [1.82, 2.24) is 5.32 Å². The number of hydrogen-bond acceptors (Lipinski definition) is 5. The average Bonchev–Trinajstić information content (AvgIpc) is 2.36. The minimum Gasteiger partial charge on any atom is -0.485 e. The van der Waals surface area contributed by atoms with Crippen molar-refractivity contribution in [3.8, 4) is 11.8 Å². The lowest BCUT2D eigenvalue weighted by Gasteiger charge is -2.10. The molecule has 1 unspecified atom stereocenters. The van der Waals surface area contributed by atoms with Gasteiger partial charge in [0.25, 0.3) is 0 Å². The van der Waals surface area contributed by atoms with Gasteiger partial charge in [0.1, 0.15) is 0 Å². The SMILES string of the molecule is CNC(C#N)CCOc1c(F)cccc1[N+](=O)[O-]. The molecular formula is C11H12FN3O3. The van der Waals surface area contributed by atoms with Crippen molar-refractivity contribution >= 4 is 5.69 Å². The lowest BCUT2D eigenvalue weighted by Crippen LogP contribution is -2.25. The quantitative estimate of drug-likeness (QED) is 0.614. The van der Waals surface area contributed by atoms with Gasteiger partial charge in [-0.1, -0.05) is 6.07 Å². The van der Waals surface area contributed by atoms with E-state index in [-0.39, 0.29) is 6.61 Å². The molecule has 1 atom stereocenters. The molecule has 96 valence electrons. The molecule has 18 heavy (non-hydrogen) atoms. The summed E-state index contributed by atoms with van der Waals surface area (Å²) in [5, 5.41) is 22.1. The molecule has 1 aromatic rings. The maximum atomic E-state index is 13.4. The van der Waals surface area contributed by atoms with Crippen molar-refractivity contribution in [2.24, 2.45) is 0 Å². The third-order valence-electron chi connectivity index (χ3n) is 2.30. The van der Waals surface area contributed by atoms with Gasteiger partial charge >= 0.3 is 5.69 Å². The van der Waals surface area contributed by atoms with E-state index in [2.05, 4.69) is 5.32 Å². The summed E-state index contributed by atoms with van der Waals surface area (Å²) < 4.78 is 18.4. The van der Waals surface area contributed by atoms with Gasteiger partial charge in [0.15, 0.2) is 5.82 Å². The first-order valence-corrected chi connectivity index (χ1v) is 5.22. The number of nitro groups is 1. The zero-order chi connectivity index (χ0) is 13.5. The first kappa shape index (κ1) is 13.9. The normalized spacial score (nSPS) is 11.6. The fraction of sp³-hybridized carbons (Fsp3) is 0.364. The highest BCUT2D eigenvalue weighted by Crippen LogP contribution is 2.29. The number of nitrogens with one attached hydrogen (secondary N) is 1. The molecule has 0 bridgehead atoms. The number of para-hydroxylation sites is 1. The number of ether oxygens (including phenoxy) is 1. The first-order valence-electron chi connectivity index (χ1n) is 5.22. The summed E-state index contributed by atoms with van der Waals surface area (Å²) in [5.74, 6) is -1.18. The van der Waals surface area contributed by atoms with Gasteiger partial charge in [-0.3, -0.25) is 10.1 Å². The molecule has 0 heterocycles. The van der Waals surface area contributed by atoms with Crippen molar-refractivity contribution in [2.75, 3.05) is 13.7 Å². The van der Waals surface area contributed by atoms with E-state index in [9.17, 15) is 14.5 Å². The van der Waals surface area contributed by atoms with E-state index >= 15 is 0 Å². The van der Waals surface area contributed by atoms with Gasteiger partial charge in [0.2, 0.25) is 5.75 Å². The Labute approximate surface area is 103 Å². The van der Waals surface area contributed by atoms with Crippen LogP contribution in [0, 0.1) is 27.3 Å². The second-order valence-corrected chi connectivity index (χ2v) is 3.45. The summed E-state index contributed by atoms with van der Waals surface area (Å²) in [7, 11) is 1.61. The van der Waals surface area contributed by atoms with Crippen LogP contribution in [0.2, 0.25) is 0 Å². The third-order valence-corrected chi connectivity index (χ3v) is 2.30. The van der Waals surface area contributed by atoms with Crippen molar-refractivity contribution in [3.63, 3.8) is 0 Å². The van der Waals surface area contributed by atoms with Gasteiger partial charge in [0.05, 0.1) is 23.6 Å². The highest BCUT2D eigenvalue weighted by Gasteiger charge is 2.19. The number of benzene rings is 1. The van der Waals surface area contributed by atoms with E-state index in [4.69, 9.17) is 10.00 Å². The van der Waals surface area contributed by atoms with Gasteiger partial charge in [-0.2, -0.15) is 5.26 Å². The van der Waals surface area contributed by atoms with Crippen LogP contribution in [0.4, 0.5) is 10.1 Å². The van der Waals surface area contributed by atoms with Crippen LogP contribution in [-0.4, -0.2) is 24.6 Å². The number of halogens is 1. The van der Waals surface area contributed by atoms with Gasteiger partial charge in [-0.15, -0.1) is 0 Å². The molecular weight excluding hydrogens is 241 g/mol. The molecule has 0 amide bonds. The van der Waals surface area contributed by atoms with E-state index < -0.39 is 28.2 Å². The van der Waals surface area contributed by atoms with Crippen LogP contribution in [-0.2, 0) is 0 Å². The van der Waals surface area contributed by atoms with E-state index in [0.29, 0.717) is 6.42 Å². The molecule has 0 aliphatic heterocycles. The monoisotopic (exact) mass is 253 g/mol. The molecule has 0 aromatic heterocycles. The van der Waals surface area contributed by atoms with E-state index in [1.807, 2.05) is 6.07 Å². The lowest BCUT2D eigenvalue weighted by atomic mass is 10.2. The second-order valence-electron chi connectivity index (χ2n) is 3.45. The summed E-state index contributed by atoms with van der Waals surface area (Å²) in [6.45, 7) is 0.0147. The molecule has 6 nitrogen and oxygen atoms in total. The van der Waals surface area contributed by atoms with Gasteiger partial charge in [-0.05, 0) is 13.1 Å². The minimum atomic E-state index is -0.790. The predicted molar refractivity (Wildman–Crippen MR) is 61.6 cm³/mol. The minimum absolute atomic E-state index is 0.0147. The summed E-state index contributed by atoms with van der Waals surface area (Å²) in [6.07, 6.45) is 0.304. The Morgan fingerprint density at radius 2 is 2.39 bits per heavy atom. The van der Waals surface area contributed by atoms with Gasteiger partial charge in [-0.25, -0.2) is 4.39 Å². The first-order chi connectivity index (χ1) is 8.60. The number of rotatable bonds is 6. The Kier molecular flexibility index (Phi) is 5.02. The Morgan fingerprint density at radius 3 is 2.94 bits per heavy atom. The largest absolute Gasteiger partial charge is 0.485 e. The maximum Gasteiger partial charge on any atom is 0.314 e. The van der Waals surface area contributed by atoms with E-state index in [1.54, 1.807) is 7.05 Å². The van der Waals surface area contributed by atoms with Crippen LogP contribution >= 0.6 is 0 Å². The second kappa shape index (κ2) is 6.51. The smallest absolute Gasteiger partial charge is 0.314 e. The Morgan fingerprint density at radius 1 is 1.67 bits per heavy atom. The molecule has 1 rings (SSSR count). The molecule has 0 saturated carbocycles. The predicted octanol–water partition coefficient (Wildman–Crippen LogP) is 1.61. The summed E-state index contributed by atoms with van der Waals surface area (Å²) in [4.78, 5) is 9.97. The van der Waals surface area contributed by atoms with Crippen LogP contribution in [0.3, 0.4) is 0 Å². The van der Waals surface area contributed by atoms with Crippen molar-refractivity contribution < 1.29 is 14.1 Å². The summed E-state index contributed by atoms with van der Waals surface area (Å²) >= 11 is 0. The molecule has 0 saturated heterocycles. The number of hydrogen-bond donors (Lipinski definition) is 1. The molecule has 1 aromatic carbocycles. The summed E-state index contributed by atoms with van der Waals surface area (Å²) in [5.41, 5.74) is -0.423. The molecule has 0 aliphatic rings. The fourth-order valence-electron chi connectivity index (χ4n) is 1.34. The number of nitrogens with zero attached hydrogens (tertiary/aromatic N) is 2. The molecule has 1 N–H and O–H groups in total. The van der Waals surface area contributed by atoms with Crippen LogP contribution in [0.15, 0.2) is 18.2 Å². The fourth-order valence-corrected chi connectivity index (χ4v) is 1.34. The zero-order valence-electron chi connectivity index (χ0n) is 9.72. The van der Waals surface area contributed by atoms with E-state index in [1.165, 1.54) is 6.07 Å². The van der Waals surface area contributed by atoms with E-state index in [0.717, 1.165) is 12.1 Å². The molecule has 0 aliphatic carbocycles. The van der Waals surface area contributed by atoms with Crippen LogP contribution < -0.4 is 10.1 Å².